The summed E-state index contributed by atoms with van der Waals surface area (Å²) in [4.78, 5) is 0. The lowest BCUT2D eigenvalue weighted by atomic mass is 10.1. The van der Waals surface area contributed by atoms with Gasteiger partial charge in [0.1, 0.15) is 11.5 Å². The molecule has 2 aromatic carbocycles. The van der Waals surface area contributed by atoms with E-state index in [0.29, 0.717) is 11.1 Å². The van der Waals surface area contributed by atoms with Crippen LogP contribution in [-0.2, 0) is 11.2 Å². The molecular weight excluding hydrogens is 278 g/mol. The van der Waals surface area contributed by atoms with Crippen LogP contribution in [0.3, 0.4) is 0 Å². The zero-order valence-corrected chi connectivity index (χ0v) is 11.7. The Hall–Kier alpha value is -1.39. The molecule has 2 aromatic rings. The Bertz CT molecular complexity index is 459. The Labute approximate surface area is 120 Å². The molecule has 0 heterocycles. The van der Waals surface area contributed by atoms with E-state index < -0.39 is 23.5 Å². The molecule has 0 aliphatic heterocycles. The van der Waals surface area contributed by atoms with E-state index in [9.17, 15) is 13.3 Å². The summed E-state index contributed by atoms with van der Waals surface area (Å²) in [6.45, 7) is 0. The van der Waals surface area contributed by atoms with Gasteiger partial charge in [0.05, 0.1) is 0 Å². The maximum Gasteiger partial charge on any atom is 0.169 e. The molecule has 1 nitrogen and oxygen atoms in total. The van der Waals surface area contributed by atoms with Crippen LogP contribution in [0.5, 0.6) is 0 Å². The molecule has 0 fully saturated rings. The molecule has 106 valence electrons. The molecule has 0 radical (unpaired) electrons. The van der Waals surface area contributed by atoms with E-state index >= 15 is 0 Å². The predicted octanol–water partition coefficient (Wildman–Crippen LogP) is 4.16. The van der Waals surface area contributed by atoms with Crippen molar-refractivity contribution >= 4 is 11.2 Å². The Morgan fingerprint density at radius 1 is 0.750 bits per heavy atom. The SMILES string of the molecule is [O-][S+](CC(F)c1ccccc1)CC(F)c1ccccc1. The van der Waals surface area contributed by atoms with Gasteiger partial charge in [0.15, 0.2) is 12.3 Å². The van der Waals surface area contributed by atoms with E-state index in [1.807, 2.05) is 0 Å². The van der Waals surface area contributed by atoms with E-state index in [1.165, 1.54) is 0 Å². The minimum Gasteiger partial charge on any atom is -0.616 e. The summed E-state index contributed by atoms with van der Waals surface area (Å²) in [6, 6.07) is 17.1. The van der Waals surface area contributed by atoms with Crippen LogP contribution < -0.4 is 0 Å². The van der Waals surface area contributed by atoms with Gasteiger partial charge in [0, 0.05) is 0 Å². The summed E-state index contributed by atoms with van der Waals surface area (Å²) in [6.07, 6.45) is -2.64. The average Bonchev–Trinajstić information content (AvgIpc) is 2.49. The summed E-state index contributed by atoms with van der Waals surface area (Å²) in [5.74, 6) is -0.339. The second kappa shape index (κ2) is 7.41. The Balaban J connectivity index is 1.88. The number of benzene rings is 2. The Morgan fingerprint density at radius 2 is 1.10 bits per heavy atom. The van der Waals surface area contributed by atoms with Crippen molar-refractivity contribution in [1.82, 2.24) is 0 Å². The predicted molar refractivity (Wildman–Crippen MR) is 78.5 cm³/mol. The molecule has 2 rings (SSSR count). The van der Waals surface area contributed by atoms with Crippen molar-refractivity contribution in [1.29, 1.82) is 0 Å². The molecule has 0 N–H and O–H groups in total. The van der Waals surface area contributed by atoms with Crippen molar-refractivity contribution in [2.75, 3.05) is 11.5 Å². The molecule has 4 heteroatoms. The van der Waals surface area contributed by atoms with Crippen LogP contribution in [0.25, 0.3) is 0 Å². The first-order valence-electron chi connectivity index (χ1n) is 6.40. The van der Waals surface area contributed by atoms with Crippen molar-refractivity contribution in [2.45, 2.75) is 12.3 Å². The summed E-state index contributed by atoms with van der Waals surface area (Å²) >= 11 is -1.53. The van der Waals surface area contributed by atoms with Gasteiger partial charge < -0.3 is 4.55 Å². The molecule has 2 atom stereocenters. The van der Waals surface area contributed by atoms with E-state index in [-0.39, 0.29) is 11.5 Å². The molecule has 20 heavy (non-hydrogen) atoms. The number of hydrogen-bond acceptors (Lipinski definition) is 1. The van der Waals surface area contributed by atoms with Gasteiger partial charge in [-0.2, -0.15) is 0 Å². The Kier molecular flexibility index (Phi) is 5.56. The van der Waals surface area contributed by atoms with Crippen LogP contribution in [0.1, 0.15) is 23.5 Å². The second-order valence-corrected chi connectivity index (χ2v) is 6.08. The number of rotatable bonds is 6. The van der Waals surface area contributed by atoms with Crippen LogP contribution in [0.4, 0.5) is 8.78 Å². The van der Waals surface area contributed by atoms with Crippen LogP contribution in [0.15, 0.2) is 60.7 Å². The van der Waals surface area contributed by atoms with Gasteiger partial charge in [0.2, 0.25) is 0 Å². The first-order valence-corrected chi connectivity index (χ1v) is 7.88. The number of halogens is 2. The molecular formula is C16H16F2OS. The van der Waals surface area contributed by atoms with E-state index in [1.54, 1.807) is 60.7 Å². The summed E-state index contributed by atoms with van der Waals surface area (Å²) in [5, 5.41) is 0. The maximum atomic E-state index is 13.9. The lowest BCUT2D eigenvalue weighted by molar-refractivity contribution is 0.361. The monoisotopic (exact) mass is 294 g/mol. The average molecular weight is 294 g/mol. The van der Waals surface area contributed by atoms with E-state index in [4.69, 9.17) is 0 Å². The van der Waals surface area contributed by atoms with Gasteiger partial charge >= 0.3 is 0 Å². The van der Waals surface area contributed by atoms with Crippen LogP contribution >= 0.6 is 0 Å². The minimum absolute atomic E-state index is 0.169. The van der Waals surface area contributed by atoms with Crippen molar-refractivity contribution < 1.29 is 13.3 Å². The highest BCUT2D eigenvalue weighted by Crippen LogP contribution is 2.24. The molecule has 0 saturated carbocycles. The highest BCUT2D eigenvalue weighted by molar-refractivity contribution is 7.91. The number of alkyl halides is 2. The van der Waals surface area contributed by atoms with Gasteiger partial charge in [-0.05, 0) is 22.3 Å². The first-order chi connectivity index (χ1) is 9.66. The van der Waals surface area contributed by atoms with E-state index in [0.717, 1.165) is 0 Å². The fraction of sp³-hybridized carbons (Fsp3) is 0.250. The zero-order chi connectivity index (χ0) is 14.4. The standard InChI is InChI=1S/C16H16F2OS/c17-15(13-7-3-1-4-8-13)11-20(19)12-16(18)14-9-5-2-6-10-14/h1-10,15-16H,11-12H2. The third kappa shape index (κ3) is 4.32. The first kappa shape index (κ1) is 15.0. The summed E-state index contributed by atoms with van der Waals surface area (Å²) in [7, 11) is 0. The van der Waals surface area contributed by atoms with E-state index in [2.05, 4.69) is 0 Å². The van der Waals surface area contributed by atoms with Crippen molar-refractivity contribution in [2.24, 2.45) is 0 Å². The van der Waals surface area contributed by atoms with Crippen molar-refractivity contribution in [3.63, 3.8) is 0 Å². The molecule has 0 saturated heterocycles. The largest absolute Gasteiger partial charge is 0.616 e. The summed E-state index contributed by atoms with van der Waals surface area (Å²) < 4.78 is 39.7. The smallest absolute Gasteiger partial charge is 0.169 e. The third-order valence-corrected chi connectivity index (χ3v) is 4.32. The van der Waals surface area contributed by atoms with Crippen LogP contribution in [0, 0.1) is 0 Å². The highest BCUT2D eigenvalue weighted by Gasteiger charge is 2.22. The Morgan fingerprint density at radius 3 is 1.45 bits per heavy atom. The molecule has 2 unspecified atom stereocenters. The highest BCUT2D eigenvalue weighted by atomic mass is 32.2. The lowest BCUT2D eigenvalue weighted by Gasteiger charge is -2.16. The summed E-state index contributed by atoms with van der Waals surface area (Å²) in [5.41, 5.74) is 0.965. The molecule has 0 amide bonds. The molecule has 0 spiro atoms. The molecule has 0 aliphatic carbocycles. The normalized spacial score (nSPS) is 15.6. The van der Waals surface area contributed by atoms with Gasteiger partial charge in [0.25, 0.3) is 0 Å². The molecule has 0 aromatic heterocycles. The fourth-order valence-corrected chi connectivity index (χ4v) is 3.08. The van der Waals surface area contributed by atoms with Gasteiger partial charge in [-0.15, -0.1) is 0 Å². The lowest BCUT2D eigenvalue weighted by Crippen LogP contribution is -2.18. The number of hydrogen-bond donors (Lipinski definition) is 0. The van der Waals surface area contributed by atoms with Gasteiger partial charge in [-0.3, -0.25) is 0 Å². The topological polar surface area (TPSA) is 23.1 Å². The molecule has 0 bridgehead atoms. The van der Waals surface area contributed by atoms with Gasteiger partial charge in [-0.1, -0.05) is 60.7 Å². The fourth-order valence-electron chi connectivity index (χ4n) is 1.91. The maximum absolute atomic E-state index is 13.9. The minimum atomic E-state index is -1.53. The van der Waals surface area contributed by atoms with Crippen molar-refractivity contribution in [3.05, 3.63) is 71.8 Å². The van der Waals surface area contributed by atoms with Gasteiger partial charge in [-0.25, -0.2) is 8.78 Å². The second-order valence-electron chi connectivity index (χ2n) is 4.53. The van der Waals surface area contributed by atoms with Crippen molar-refractivity contribution in [3.8, 4) is 0 Å². The quantitative estimate of drug-likeness (QED) is 0.734. The zero-order valence-electron chi connectivity index (χ0n) is 10.9. The molecule has 0 aliphatic rings. The van der Waals surface area contributed by atoms with Crippen LogP contribution in [0.2, 0.25) is 0 Å². The van der Waals surface area contributed by atoms with Crippen LogP contribution in [-0.4, -0.2) is 16.1 Å². The third-order valence-electron chi connectivity index (χ3n) is 2.99.